The van der Waals surface area contributed by atoms with Gasteiger partial charge in [0.05, 0.1) is 26.8 Å². The van der Waals surface area contributed by atoms with E-state index in [0.29, 0.717) is 44.2 Å². The molecule has 0 bridgehead atoms. The number of rotatable bonds is 7. The van der Waals surface area contributed by atoms with Gasteiger partial charge in [0.1, 0.15) is 22.1 Å². The predicted octanol–water partition coefficient (Wildman–Crippen LogP) is 1.98. The second kappa shape index (κ2) is 9.93. The zero-order chi connectivity index (χ0) is 24.5. The molecule has 1 atom stereocenters. The first-order valence-corrected chi connectivity index (χ1v) is 12.9. The van der Waals surface area contributed by atoms with E-state index in [0.717, 1.165) is 29.9 Å². The van der Waals surface area contributed by atoms with Crippen LogP contribution >= 0.6 is 0 Å². The number of sulfonamides is 1. The number of hydrogen-bond acceptors (Lipinski definition) is 8. The zero-order valence-corrected chi connectivity index (χ0v) is 20.9. The van der Waals surface area contributed by atoms with Crippen molar-refractivity contribution in [2.75, 3.05) is 53.5 Å². The van der Waals surface area contributed by atoms with Gasteiger partial charge in [0.2, 0.25) is 15.9 Å². The van der Waals surface area contributed by atoms with Gasteiger partial charge in [-0.1, -0.05) is 5.16 Å². The van der Waals surface area contributed by atoms with Crippen LogP contribution in [0.3, 0.4) is 0 Å². The molecule has 1 unspecified atom stereocenters. The van der Waals surface area contributed by atoms with Gasteiger partial charge in [0.25, 0.3) is 0 Å². The van der Waals surface area contributed by atoms with E-state index in [2.05, 4.69) is 5.16 Å². The quantitative estimate of drug-likeness (QED) is 0.578. The van der Waals surface area contributed by atoms with E-state index in [4.69, 9.17) is 14.0 Å². The highest BCUT2D eigenvalue weighted by molar-refractivity contribution is 7.89. The maximum Gasteiger partial charge on any atom is 0.248 e. The Bertz CT molecular complexity index is 1120. The molecule has 0 saturated carbocycles. The van der Waals surface area contributed by atoms with Gasteiger partial charge in [-0.25, -0.2) is 8.42 Å². The van der Waals surface area contributed by atoms with Gasteiger partial charge in [0, 0.05) is 38.3 Å². The van der Waals surface area contributed by atoms with Crippen LogP contribution in [0.5, 0.6) is 11.5 Å². The molecule has 34 heavy (non-hydrogen) atoms. The number of hydrogen-bond donors (Lipinski definition) is 0. The van der Waals surface area contributed by atoms with Crippen LogP contribution in [-0.2, 0) is 14.8 Å². The highest BCUT2D eigenvalue weighted by atomic mass is 32.2. The van der Waals surface area contributed by atoms with Crippen molar-refractivity contribution in [3.63, 3.8) is 0 Å². The Kier molecular flexibility index (Phi) is 7.15. The summed E-state index contributed by atoms with van der Waals surface area (Å²) < 4.78 is 43.5. The van der Waals surface area contributed by atoms with Crippen molar-refractivity contribution >= 4 is 15.9 Å². The minimum Gasteiger partial charge on any atom is -0.497 e. The van der Waals surface area contributed by atoms with Crippen LogP contribution in [0.25, 0.3) is 0 Å². The van der Waals surface area contributed by atoms with Gasteiger partial charge in [-0.15, -0.1) is 0 Å². The topological polar surface area (TPSA) is 105 Å². The summed E-state index contributed by atoms with van der Waals surface area (Å²) in [5.74, 6) is 1.80. The van der Waals surface area contributed by atoms with Crippen molar-refractivity contribution in [1.29, 1.82) is 0 Å². The Balaban J connectivity index is 1.40. The summed E-state index contributed by atoms with van der Waals surface area (Å²) in [6, 6.07) is 5.58. The molecule has 4 rings (SSSR count). The monoisotopic (exact) mass is 492 g/mol. The van der Waals surface area contributed by atoms with Crippen molar-refractivity contribution in [3.05, 3.63) is 35.2 Å². The van der Waals surface area contributed by atoms with Gasteiger partial charge in [0.15, 0.2) is 5.76 Å². The fraction of sp³-hybridized carbons (Fsp3) is 0.565. The van der Waals surface area contributed by atoms with Crippen molar-refractivity contribution < 1.29 is 27.2 Å². The summed E-state index contributed by atoms with van der Waals surface area (Å²) in [5, 5.41) is 3.77. The molecule has 186 valence electrons. The SMILES string of the molecule is COc1ccc(OC)c(C2CCCN2C(=O)CN2CCN(S(=O)(=O)c3c(C)noc3C)CC2)c1. The number of nitrogens with zero attached hydrogens (tertiary/aromatic N) is 4. The van der Waals surface area contributed by atoms with Gasteiger partial charge in [-0.3, -0.25) is 9.69 Å². The maximum atomic E-state index is 13.3. The molecule has 2 saturated heterocycles. The summed E-state index contributed by atoms with van der Waals surface area (Å²) >= 11 is 0. The van der Waals surface area contributed by atoms with Crippen LogP contribution < -0.4 is 9.47 Å². The number of likely N-dealkylation sites (tertiary alicyclic amines) is 1. The summed E-state index contributed by atoms with van der Waals surface area (Å²) in [6.45, 7) is 5.75. The lowest BCUT2D eigenvalue weighted by molar-refractivity contribution is -0.133. The number of ether oxygens (including phenoxy) is 2. The molecule has 1 aromatic heterocycles. The Morgan fingerprint density at radius 2 is 1.85 bits per heavy atom. The van der Waals surface area contributed by atoms with Gasteiger partial charge in [-0.2, -0.15) is 4.31 Å². The van der Waals surface area contributed by atoms with E-state index in [-0.39, 0.29) is 23.4 Å². The fourth-order valence-electron chi connectivity index (χ4n) is 4.87. The number of amides is 1. The summed E-state index contributed by atoms with van der Waals surface area (Å²) in [5.41, 5.74) is 1.31. The van der Waals surface area contributed by atoms with E-state index in [1.807, 2.05) is 28.0 Å². The number of carbonyl (C=O) groups is 1. The number of aryl methyl sites for hydroxylation is 2. The molecule has 1 amide bonds. The van der Waals surface area contributed by atoms with Crippen LogP contribution in [0.15, 0.2) is 27.6 Å². The first-order valence-electron chi connectivity index (χ1n) is 11.4. The Morgan fingerprint density at radius 1 is 1.12 bits per heavy atom. The first-order chi connectivity index (χ1) is 16.3. The molecule has 0 radical (unpaired) electrons. The number of carbonyl (C=O) groups excluding carboxylic acids is 1. The molecule has 0 N–H and O–H groups in total. The summed E-state index contributed by atoms with van der Waals surface area (Å²) in [4.78, 5) is 17.3. The lowest BCUT2D eigenvalue weighted by atomic mass is 10.0. The number of aromatic nitrogens is 1. The van der Waals surface area contributed by atoms with Crippen molar-refractivity contribution in [2.24, 2.45) is 0 Å². The molecule has 0 aliphatic carbocycles. The average molecular weight is 493 g/mol. The molecule has 11 heteroatoms. The van der Waals surface area contributed by atoms with Crippen molar-refractivity contribution in [1.82, 2.24) is 19.3 Å². The molecule has 2 aliphatic rings. The molecule has 1 aromatic carbocycles. The first kappa shape index (κ1) is 24.5. The molecular formula is C23H32N4O6S. The predicted molar refractivity (Wildman–Crippen MR) is 124 cm³/mol. The third-order valence-electron chi connectivity index (χ3n) is 6.62. The molecule has 3 heterocycles. The van der Waals surface area contributed by atoms with Gasteiger partial charge < -0.3 is 18.9 Å². The standard InChI is InChI=1S/C23H32N4O6S/c1-16-23(17(2)33-24-16)34(29,30)26-12-10-25(11-13-26)15-22(28)27-9-5-6-20(27)19-14-18(31-3)7-8-21(19)32-4/h7-8,14,20H,5-6,9-13,15H2,1-4H3. The Labute approximate surface area is 200 Å². The van der Waals surface area contributed by atoms with Crippen LogP contribution in [0.1, 0.15) is 35.9 Å². The lowest BCUT2D eigenvalue weighted by Crippen LogP contribution is -2.51. The van der Waals surface area contributed by atoms with E-state index < -0.39 is 10.0 Å². The minimum absolute atomic E-state index is 0.0365. The summed E-state index contributed by atoms with van der Waals surface area (Å²) in [6.07, 6.45) is 1.78. The van der Waals surface area contributed by atoms with Crippen LogP contribution in [0, 0.1) is 13.8 Å². The van der Waals surface area contributed by atoms with Crippen molar-refractivity contribution in [3.8, 4) is 11.5 Å². The lowest BCUT2D eigenvalue weighted by Gasteiger charge is -2.35. The molecule has 2 fully saturated rings. The van der Waals surface area contributed by atoms with Crippen LogP contribution in [-0.4, -0.2) is 87.1 Å². The van der Waals surface area contributed by atoms with E-state index in [1.165, 1.54) is 4.31 Å². The van der Waals surface area contributed by atoms with E-state index >= 15 is 0 Å². The highest BCUT2D eigenvalue weighted by Crippen LogP contribution is 2.39. The zero-order valence-electron chi connectivity index (χ0n) is 20.1. The third-order valence-corrected chi connectivity index (χ3v) is 8.77. The van der Waals surface area contributed by atoms with Crippen LogP contribution in [0.2, 0.25) is 0 Å². The normalized spacial score (nSPS) is 20.0. The molecular weight excluding hydrogens is 460 g/mol. The minimum atomic E-state index is -3.68. The second-order valence-electron chi connectivity index (χ2n) is 8.69. The largest absolute Gasteiger partial charge is 0.497 e. The summed E-state index contributed by atoms with van der Waals surface area (Å²) in [7, 11) is -0.430. The smallest absolute Gasteiger partial charge is 0.248 e. The Hall–Kier alpha value is -2.63. The van der Waals surface area contributed by atoms with Gasteiger partial charge in [-0.05, 0) is 44.9 Å². The van der Waals surface area contributed by atoms with Crippen LogP contribution in [0.4, 0.5) is 0 Å². The number of piperazine rings is 1. The Morgan fingerprint density at radius 3 is 2.47 bits per heavy atom. The molecule has 10 nitrogen and oxygen atoms in total. The molecule has 2 aliphatic heterocycles. The number of benzene rings is 1. The van der Waals surface area contributed by atoms with Crippen molar-refractivity contribution in [2.45, 2.75) is 37.6 Å². The molecule has 0 spiro atoms. The van der Waals surface area contributed by atoms with E-state index in [9.17, 15) is 13.2 Å². The second-order valence-corrected chi connectivity index (χ2v) is 10.6. The van der Waals surface area contributed by atoms with Gasteiger partial charge >= 0.3 is 0 Å². The highest BCUT2D eigenvalue weighted by Gasteiger charge is 2.36. The maximum absolute atomic E-state index is 13.3. The third kappa shape index (κ3) is 4.64. The fourth-order valence-corrected chi connectivity index (χ4v) is 6.58. The molecule has 2 aromatic rings. The van der Waals surface area contributed by atoms with E-state index in [1.54, 1.807) is 28.1 Å². The average Bonchev–Trinajstić information content (AvgIpc) is 3.45. The number of methoxy groups -OCH3 is 2.